The summed E-state index contributed by atoms with van der Waals surface area (Å²) in [6, 6.07) is 0. The molecule has 0 saturated carbocycles. The molecule has 0 radical (unpaired) electrons. The minimum absolute atomic E-state index is 0.205. The summed E-state index contributed by atoms with van der Waals surface area (Å²) in [6.45, 7) is 4.26. The molecule has 0 bridgehead atoms. The van der Waals surface area contributed by atoms with Gasteiger partial charge in [-0.15, -0.1) is 0 Å². The first-order valence-electron chi connectivity index (χ1n) is 4.11. The van der Waals surface area contributed by atoms with Crippen molar-refractivity contribution in [3.05, 3.63) is 0 Å². The van der Waals surface area contributed by atoms with Crippen molar-refractivity contribution in [1.82, 2.24) is 5.32 Å². The summed E-state index contributed by atoms with van der Waals surface area (Å²) < 4.78 is 37.2. The lowest BCUT2D eigenvalue weighted by atomic mass is 9.74. The Bertz CT molecular complexity index is 162. The van der Waals surface area contributed by atoms with E-state index in [1.807, 2.05) is 0 Å². The van der Waals surface area contributed by atoms with Crippen molar-refractivity contribution in [2.45, 2.75) is 26.4 Å². The molecule has 1 aliphatic rings. The van der Waals surface area contributed by atoms with Crippen molar-refractivity contribution >= 4 is 0 Å². The third-order valence-corrected chi connectivity index (χ3v) is 2.53. The van der Waals surface area contributed by atoms with Crippen molar-refractivity contribution < 1.29 is 13.2 Å². The van der Waals surface area contributed by atoms with Crippen LogP contribution >= 0.6 is 0 Å². The van der Waals surface area contributed by atoms with E-state index in [4.69, 9.17) is 0 Å². The maximum Gasteiger partial charge on any atom is 0.392 e. The molecule has 1 unspecified atom stereocenters. The molecule has 0 spiro atoms. The second-order valence-corrected chi connectivity index (χ2v) is 4.05. The number of hydrogen-bond donors (Lipinski definition) is 1. The summed E-state index contributed by atoms with van der Waals surface area (Å²) >= 11 is 0. The van der Waals surface area contributed by atoms with E-state index in [0.29, 0.717) is 13.1 Å². The van der Waals surface area contributed by atoms with Crippen molar-refractivity contribution in [2.75, 3.05) is 13.1 Å². The van der Waals surface area contributed by atoms with E-state index in [9.17, 15) is 13.2 Å². The zero-order chi connectivity index (χ0) is 9.41. The normalized spacial score (nSPS) is 30.2. The summed E-state index contributed by atoms with van der Waals surface area (Å²) in [5.41, 5.74) is -0.656. The van der Waals surface area contributed by atoms with Gasteiger partial charge in [-0.3, -0.25) is 0 Å². The molecule has 1 aliphatic heterocycles. The van der Waals surface area contributed by atoms with Crippen LogP contribution in [-0.4, -0.2) is 19.3 Å². The lowest BCUT2D eigenvalue weighted by molar-refractivity contribution is -0.208. The first-order valence-corrected chi connectivity index (χ1v) is 4.11. The Morgan fingerprint density at radius 3 is 2.25 bits per heavy atom. The van der Waals surface area contributed by atoms with Crippen LogP contribution in [0.15, 0.2) is 0 Å². The zero-order valence-electron chi connectivity index (χ0n) is 7.33. The Morgan fingerprint density at radius 2 is 1.92 bits per heavy atom. The quantitative estimate of drug-likeness (QED) is 0.604. The Labute approximate surface area is 70.3 Å². The van der Waals surface area contributed by atoms with Crippen LogP contribution in [0, 0.1) is 11.3 Å². The Balaban J connectivity index is 2.73. The van der Waals surface area contributed by atoms with Crippen LogP contribution in [0.25, 0.3) is 0 Å². The summed E-state index contributed by atoms with van der Waals surface area (Å²) in [6.07, 6.45) is -3.83. The molecule has 0 aromatic rings. The van der Waals surface area contributed by atoms with Crippen molar-refractivity contribution in [1.29, 1.82) is 0 Å². The molecule has 1 saturated heterocycles. The van der Waals surface area contributed by atoms with Gasteiger partial charge in [-0.1, -0.05) is 13.8 Å². The second kappa shape index (κ2) is 2.91. The van der Waals surface area contributed by atoms with Gasteiger partial charge in [-0.05, 0) is 18.4 Å². The minimum atomic E-state index is -4.04. The molecule has 1 atom stereocenters. The summed E-state index contributed by atoms with van der Waals surface area (Å²) in [5.74, 6) is -1.15. The van der Waals surface area contributed by atoms with E-state index >= 15 is 0 Å². The predicted molar refractivity (Wildman–Crippen MR) is 40.8 cm³/mol. The Hall–Kier alpha value is -0.250. The van der Waals surface area contributed by atoms with Gasteiger partial charge in [0.1, 0.15) is 0 Å². The molecule has 0 amide bonds. The third kappa shape index (κ3) is 1.91. The van der Waals surface area contributed by atoms with E-state index in [2.05, 4.69) is 5.32 Å². The van der Waals surface area contributed by atoms with Gasteiger partial charge < -0.3 is 5.32 Å². The topological polar surface area (TPSA) is 12.0 Å². The first-order chi connectivity index (χ1) is 5.34. The molecule has 0 aliphatic carbocycles. The largest absolute Gasteiger partial charge is 0.392 e. The highest BCUT2D eigenvalue weighted by molar-refractivity contribution is 4.89. The number of alkyl halides is 3. The fourth-order valence-electron chi connectivity index (χ4n) is 1.78. The van der Waals surface area contributed by atoms with Crippen LogP contribution in [0.1, 0.15) is 20.3 Å². The third-order valence-electron chi connectivity index (χ3n) is 2.53. The first kappa shape index (κ1) is 9.84. The lowest BCUT2D eigenvalue weighted by Gasteiger charge is -2.39. The van der Waals surface area contributed by atoms with Gasteiger partial charge in [-0.25, -0.2) is 0 Å². The molecule has 0 aromatic carbocycles. The van der Waals surface area contributed by atoms with Gasteiger partial charge in [0.15, 0.2) is 0 Å². The van der Waals surface area contributed by atoms with Gasteiger partial charge in [0, 0.05) is 6.54 Å². The number of hydrogen-bond acceptors (Lipinski definition) is 1. The van der Waals surface area contributed by atoms with Gasteiger partial charge in [0.05, 0.1) is 5.92 Å². The van der Waals surface area contributed by atoms with Crippen LogP contribution in [0.2, 0.25) is 0 Å². The Morgan fingerprint density at radius 1 is 1.33 bits per heavy atom. The molecule has 1 rings (SSSR count). The fourth-order valence-corrected chi connectivity index (χ4v) is 1.78. The van der Waals surface area contributed by atoms with Crippen LogP contribution in [0.3, 0.4) is 0 Å². The molecule has 1 fully saturated rings. The number of piperidine rings is 1. The summed E-state index contributed by atoms with van der Waals surface area (Å²) in [7, 11) is 0. The van der Waals surface area contributed by atoms with Crippen LogP contribution in [-0.2, 0) is 0 Å². The molecule has 1 N–H and O–H groups in total. The average Bonchev–Trinajstić information content (AvgIpc) is 1.83. The molecule has 1 heterocycles. The fraction of sp³-hybridized carbons (Fsp3) is 1.00. The molecule has 4 heteroatoms. The molecule has 1 nitrogen and oxygen atoms in total. The SMILES string of the molecule is CC1(C)CNCCC1C(F)(F)F. The van der Waals surface area contributed by atoms with Crippen molar-refractivity contribution in [3.8, 4) is 0 Å². The highest BCUT2D eigenvalue weighted by Crippen LogP contribution is 2.42. The molecule has 0 aromatic heterocycles. The van der Waals surface area contributed by atoms with Gasteiger partial charge >= 0.3 is 6.18 Å². The standard InChI is InChI=1S/C8H14F3N/c1-7(2)5-12-4-3-6(7)8(9,10)11/h6,12H,3-5H2,1-2H3. The van der Waals surface area contributed by atoms with Crippen molar-refractivity contribution in [2.24, 2.45) is 11.3 Å². The van der Waals surface area contributed by atoms with E-state index in [0.717, 1.165) is 0 Å². The Kier molecular flexibility index (Phi) is 2.38. The minimum Gasteiger partial charge on any atom is -0.316 e. The average molecular weight is 181 g/mol. The predicted octanol–water partition coefficient (Wildman–Crippen LogP) is 2.18. The zero-order valence-corrected chi connectivity index (χ0v) is 7.33. The number of nitrogens with one attached hydrogen (secondary N) is 1. The van der Waals surface area contributed by atoms with Gasteiger partial charge in [0.2, 0.25) is 0 Å². The second-order valence-electron chi connectivity index (χ2n) is 4.05. The monoisotopic (exact) mass is 181 g/mol. The van der Waals surface area contributed by atoms with Crippen LogP contribution in [0.4, 0.5) is 13.2 Å². The summed E-state index contributed by atoms with van der Waals surface area (Å²) in [4.78, 5) is 0. The van der Waals surface area contributed by atoms with Crippen LogP contribution in [0.5, 0.6) is 0 Å². The molecular formula is C8H14F3N. The van der Waals surface area contributed by atoms with Gasteiger partial charge in [0.25, 0.3) is 0 Å². The van der Waals surface area contributed by atoms with E-state index < -0.39 is 17.5 Å². The number of rotatable bonds is 0. The van der Waals surface area contributed by atoms with Gasteiger partial charge in [-0.2, -0.15) is 13.2 Å². The highest BCUT2D eigenvalue weighted by Gasteiger charge is 2.49. The maximum absolute atomic E-state index is 12.4. The van der Waals surface area contributed by atoms with E-state index in [1.54, 1.807) is 13.8 Å². The number of halogens is 3. The molecule has 12 heavy (non-hydrogen) atoms. The molecule has 72 valence electrons. The lowest BCUT2D eigenvalue weighted by Crippen LogP contribution is -2.48. The van der Waals surface area contributed by atoms with E-state index in [-0.39, 0.29) is 6.42 Å². The van der Waals surface area contributed by atoms with Crippen LogP contribution < -0.4 is 5.32 Å². The van der Waals surface area contributed by atoms with E-state index in [1.165, 1.54) is 0 Å². The summed E-state index contributed by atoms with van der Waals surface area (Å²) in [5, 5.41) is 2.98. The molecular weight excluding hydrogens is 167 g/mol. The maximum atomic E-state index is 12.4. The smallest absolute Gasteiger partial charge is 0.316 e. The van der Waals surface area contributed by atoms with Crippen molar-refractivity contribution in [3.63, 3.8) is 0 Å². The highest BCUT2D eigenvalue weighted by atomic mass is 19.4.